The molecule has 1 fully saturated rings. The van der Waals surface area contributed by atoms with Crippen molar-refractivity contribution in [1.29, 1.82) is 0 Å². The molecule has 120 valence electrons. The number of fused-ring (bicyclic) bond motifs is 1. The fraction of sp³-hybridized carbons (Fsp3) is 0.545. The lowest BCUT2D eigenvalue weighted by Crippen LogP contribution is -2.16. The number of phosphoric acid groups is 1. The molecule has 2 atom stereocenters. The molecule has 0 bridgehead atoms. The van der Waals surface area contributed by atoms with Gasteiger partial charge in [-0.15, -0.1) is 11.8 Å². The van der Waals surface area contributed by atoms with Crippen LogP contribution < -0.4 is 0 Å². The first-order chi connectivity index (χ1) is 10.5. The zero-order valence-electron chi connectivity index (χ0n) is 11.7. The molecule has 11 heteroatoms. The molecule has 2 aromatic rings. The Morgan fingerprint density at radius 2 is 2.27 bits per heavy atom. The molecule has 22 heavy (non-hydrogen) atoms. The molecule has 2 aromatic heterocycles. The minimum atomic E-state index is -4.47. The quantitative estimate of drug-likeness (QED) is 0.469. The van der Waals surface area contributed by atoms with Crippen LogP contribution in [0.1, 0.15) is 19.1 Å². The molecule has 1 aliphatic heterocycles. The second-order valence-electron chi connectivity index (χ2n) is 4.78. The van der Waals surface area contributed by atoms with Gasteiger partial charge in [-0.05, 0) is 19.1 Å². The number of nitrogens with zero attached hydrogens (tertiary/aromatic N) is 4. The number of aromatic nitrogens is 4. The molecule has 0 radical (unpaired) electrons. The Labute approximate surface area is 130 Å². The van der Waals surface area contributed by atoms with Gasteiger partial charge in [-0.2, -0.15) is 0 Å². The first kappa shape index (κ1) is 15.9. The lowest BCUT2D eigenvalue weighted by molar-refractivity contribution is -0.0205. The Kier molecular flexibility index (Phi) is 4.49. The average molecular weight is 346 g/mol. The summed E-state index contributed by atoms with van der Waals surface area (Å²) in [7, 11) is -4.47. The summed E-state index contributed by atoms with van der Waals surface area (Å²) < 4.78 is 22.8. The van der Waals surface area contributed by atoms with Crippen LogP contribution in [0.25, 0.3) is 11.2 Å². The molecule has 1 aliphatic rings. The Morgan fingerprint density at radius 1 is 1.45 bits per heavy atom. The number of hydrogen-bond donors (Lipinski definition) is 2. The highest BCUT2D eigenvalue weighted by Gasteiger charge is 2.30. The van der Waals surface area contributed by atoms with Gasteiger partial charge in [-0.25, -0.2) is 19.5 Å². The third-order valence-corrected chi connectivity index (χ3v) is 4.51. The summed E-state index contributed by atoms with van der Waals surface area (Å²) in [5.74, 6) is 0. The summed E-state index contributed by atoms with van der Waals surface area (Å²) in [6.45, 7) is -0.140. The number of rotatable bonds is 5. The van der Waals surface area contributed by atoms with Crippen LogP contribution in [0.4, 0.5) is 0 Å². The van der Waals surface area contributed by atoms with Gasteiger partial charge < -0.3 is 14.5 Å². The maximum atomic E-state index is 10.7. The van der Waals surface area contributed by atoms with E-state index in [4.69, 9.17) is 14.5 Å². The van der Waals surface area contributed by atoms with Gasteiger partial charge in [0.05, 0.1) is 19.0 Å². The summed E-state index contributed by atoms with van der Waals surface area (Å²) in [6, 6.07) is 0. The lowest BCUT2D eigenvalue weighted by Gasteiger charge is -2.15. The third-order valence-electron chi connectivity index (χ3n) is 3.34. The van der Waals surface area contributed by atoms with Crippen molar-refractivity contribution in [3.8, 4) is 0 Å². The molecule has 3 heterocycles. The van der Waals surface area contributed by atoms with E-state index >= 15 is 0 Å². The zero-order valence-corrected chi connectivity index (χ0v) is 13.4. The van der Waals surface area contributed by atoms with Gasteiger partial charge in [-0.1, -0.05) is 0 Å². The smallest absolute Gasteiger partial charge is 0.352 e. The molecule has 0 saturated carbocycles. The number of thioether (sulfide) groups is 1. The van der Waals surface area contributed by atoms with E-state index in [1.807, 2.05) is 10.8 Å². The second kappa shape index (κ2) is 6.23. The van der Waals surface area contributed by atoms with Crippen LogP contribution in [0.5, 0.6) is 0 Å². The van der Waals surface area contributed by atoms with Crippen LogP contribution in [0.3, 0.4) is 0 Å². The number of ether oxygens (including phenoxy) is 1. The van der Waals surface area contributed by atoms with Crippen molar-refractivity contribution in [3.63, 3.8) is 0 Å². The third kappa shape index (κ3) is 3.32. The highest BCUT2D eigenvalue weighted by Crippen LogP contribution is 2.38. The van der Waals surface area contributed by atoms with Crippen LogP contribution in [-0.2, 0) is 13.8 Å². The number of imidazole rings is 1. The molecule has 0 aliphatic carbocycles. The van der Waals surface area contributed by atoms with E-state index in [0.717, 1.165) is 5.03 Å². The second-order valence-corrected chi connectivity index (χ2v) is 6.82. The van der Waals surface area contributed by atoms with Gasteiger partial charge in [0.15, 0.2) is 5.65 Å². The van der Waals surface area contributed by atoms with Crippen molar-refractivity contribution in [1.82, 2.24) is 19.5 Å². The van der Waals surface area contributed by atoms with E-state index in [9.17, 15) is 4.57 Å². The van der Waals surface area contributed by atoms with Crippen LogP contribution in [0, 0.1) is 0 Å². The van der Waals surface area contributed by atoms with Crippen molar-refractivity contribution in [2.24, 2.45) is 0 Å². The van der Waals surface area contributed by atoms with Crippen LogP contribution in [-0.4, -0.2) is 48.3 Å². The van der Waals surface area contributed by atoms with E-state index < -0.39 is 7.82 Å². The average Bonchev–Trinajstić information content (AvgIpc) is 3.10. The maximum absolute atomic E-state index is 10.7. The van der Waals surface area contributed by atoms with Crippen molar-refractivity contribution in [2.75, 3.05) is 12.9 Å². The highest BCUT2D eigenvalue weighted by atomic mass is 32.2. The Hall–Kier alpha value is -1.03. The molecule has 0 amide bonds. The van der Waals surface area contributed by atoms with E-state index in [0.29, 0.717) is 24.0 Å². The van der Waals surface area contributed by atoms with Crippen molar-refractivity contribution in [3.05, 3.63) is 12.7 Å². The summed E-state index contributed by atoms with van der Waals surface area (Å²) in [6.07, 6.45) is 5.75. The van der Waals surface area contributed by atoms with E-state index in [1.165, 1.54) is 18.1 Å². The van der Waals surface area contributed by atoms with Gasteiger partial charge >= 0.3 is 7.82 Å². The van der Waals surface area contributed by atoms with E-state index in [1.54, 1.807) is 6.33 Å². The normalized spacial score (nSPS) is 22.5. The largest absolute Gasteiger partial charge is 0.469 e. The zero-order chi connectivity index (χ0) is 15.7. The highest BCUT2D eigenvalue weighted by molar-refractivity contribution is 7.98. The first-order valence-electron chi connectivity index (χ1n) is 6.55. The summed E-state index contributed by atoms with van der Waals surface area (Å²) >= 11 is 1.49. The molecule has 2 N–H and O–H groups in total. The van der Waals surface area contributed by atoms with Gasteiger partial charge in [-0.3, -0.25) is 9.09 Å². The van der Waals surface area contributed by atoms with Crippen molar-refractivity contribution in [2.45, 2.75) is 30.2 Å². The topological polar surface area (TPSA) is 120 Å². The molecule has 3 rings (SSSR count). The van der Waals surface area contributed by atoms with Crippen molar-refractivity contribution < 1.29 is 23.6 Å². The van der Waals surface area contributed by atoms with Crippen molar-refractivity contribution >= 4 is 30.7 Å². The molecular formula is C11H15N4O5PS. The van der Waals surface area contributed by atoms with Gasteiger partial charge in [0.2, 0.25) is 0 Å². The molecule has 0 aromatic carbocycles. The lowest BCUT2D eigenvalue weighted by atomic mass is 10.2. The summed E-state index contributed by atoms with van der Waals surface area (Å²) in [5, 5.41) is 0.795. The van der Waals surface area contributed by atoms with Gasteiger partial charge in [0.1, 0.15) is 23.1 Å². The summed E-state index contributed by atoms with van der Waals surface area (Å²) in [4.78, 5) is 30.2. The molecular weight excluding hydrogens is 331 g/mol. The fourth-order valence-corrected chi connectivity index (χ4v) is 3.24. The molecule has 1 saturated heterocycles. The molecule has 0 spiro atoms. The minimum Gasteiger partial charge on any atom is -0.352 e. The summed E-state index contributed by atoms with van der Waals surface area (Å²) in [5.41, 5.74) is 1.40. The first-order valence-corrected chi connectivity index (χ1v) is 9.30. The Bertz CT molecular complexity index is 720. The SMILES string of the molecule is CSc1ncnc2c1ncn2C1CC[C@@H](COP(=O)(O)O)O1. The van der Waals surface area contributed by atoms with Crippen LogP contribution in [0.15, 0.2) is 17.7 Å². The molecule has 9 nitrogen and oxygen atoms in total. The van der Waals surface area contributed by atoms with Gasteiger partial charge in [0.25, 0.3) is 0 Å². The predicted molar refractivity (Wildman–Crippen MR) is 78.2 cm³/mol. The van der Waals surface area contributed by atoms with Gasteiger partial charge in [0, 0.05) is 0 Å². The van der Waals surface area contributed by atoms with E-state index in [-0.39, 0.29) is 18.9 Å². The van der Waals surface area contributed by atoms with Crippen LogP contribution >= 0.6 is 19.6 Å². The maximum Gasteiger partial charge on any atom is 0.469 e. The number of hydrogen-bond acceptors (Lipinski definition) is 7. The minimum absolute atomic E-state index is 0.140. The van der Waals surface area contributed by atoms with E-state index in [2.05, 4.69) is 19.5 Å². The Morgan fingerprint density at radius 3 is 3.00 bits per heavy atom. The predicted octanol–water partition coefficient (Wildman–Crippen LogP) is 1.34. The molecule has 1 unspecified atom stereocenters. The fourth-order valence-electron chi connectivity index (χ4n) is 2.38. The standard InChI is InChI=1S/C11H15N4O5PS/c1-22-11-9-10(12-5-13-11)15(6-14-9)8-3-2-7(20-8)4-19-21(16,17)18/h5-8H,2-4H2,1H3,(H2,16,17,18)/t7-,8?/m0/s1. The van der Waals surface area contributed by atoms with Crippen LogP contribution in [0.2, 0.25) is 0 Å². The number of phosphoric ester groups is 1. The monoisotopic (exact) mass is 346 g/mol. The Balaban J connectivity index is 1.75.